The van der Waals surface area contributed by atoms with Crippen LogP contribution in [0.4, 0.5) is 0 Å². The number of nitrogens with zero attached hydrogens (tertiary/aromatic N) is 1. The molecule has 0 amide bonds. The van der Waals surface area contributed by atoms with Crippen LogP contribution in [0.3, 0.4) is 0 Å². The fourth-order valence-electron chi connectivity index (χ4n) is 3.43. The highest BCUT2D eigenvalue weighted by atomic mass is 28.4. The van der Waals surface area contributed by atoms with Gasteiger partial charge in [0.1, 0.15) is 11.8 Å². The summed E-state index contributed by atoms with van der Waals surface area (Å²) in [5.74, 6) is 1.38. The lowest BCUT2D eigenvalue weighted by molar-refractivity contribution is 0.385. The van der Waals surface area contributed by atoms with Crippen LogP contribution in [0.15, 0.2) is 78.9 Å². The fraction of sp³-hybridized carbons (Fsp3) is 0.321. The van der Waals surface area contributed by atoms with Gasteiger partial charge >= 0.3 is 0 Å². The third-order valence-corrected chi connectivity index (χ3v) is 10.8. The Bertz CT molecular complexity index is 1050. The van der Waals surface area contributed by atoms with Crippen molar-refractivity contribution in [3.05, 3.63) is 95.6 Å². The van der Waals surface area contributed by atoms with Crippen molar-refractivity contribution >= 4 is 8.32 Å². The molecule has 0 radical (unpaired) electrons. The van der Waals surface area contributed by atoms with E-state index in [0.29, 0.717) is 11.5 Å². The lowest BCUT2D eigenvalue weighted by Crippen LogP contribution is -2.44. The number of benzene rings is 3. The SMILES string of the molecule is COc1ccc([C@H](C#N)NC(c2ccccc2)c2ccccc2)cc1O[Si](C)(C)C(C)(C)C. The van der Waals surface area contributed by atoms with Crippen molar-refractivity contribution in [1.29, 1.82) is 5.26 Å². The van der Waals surface area contributed by atoms with Crippen molar-refractivity contribution in [2.45, 2.75) is 51.0 Å². The minimum absolute atomic E-state index is 0.0482. The first-order chi connectivity index (χ1) is 15.7. The molecule has 4 nitrogen and oxygen atoms in total. The van der Waals surface area contributed by atoms with Gasteiger partial charge in [0, 0.05) is 0 Å². The molecule has 0 saturated heterocycles. The van der Waals surface area contributed by atoms with E-state index in [-0.39, 0.29) is 11.1 Å². The van der Waals surface area contributed by atoms with Crippen LogP contribution in [-0.4, -0.2) is 15.4 Å². The van der Waals surface area contributed by atoms with Crippen LogP contribution in [0, 0.1) is 11.3 Å². The number of rotatable bonds is 8. The highest BCUT2D eigenvalue weighted by Gasteiger charge is 2.39. The first-order valence-corrected chi connectivity index (χ1v) is 14.2. The van der Waals surface area contributed by atoms with Crippen molar-refractivity contribution in [3.8, 4) is 17.6 Å². The third kappa shape index (κ3) is 5.84. The van der Waals surface area contributed by atoms with Crippen molar-refractivity contribution in [3.63, 3.8) is 0 Å². The van der Waals surface area contributed by atoms with E-state index in [1.54, 1.807) is 7.11 Å². The summed E-state index contributed by atoms with van der Waals surface area (Å²) in [6.45, 7) is 11.0. The summed E-state index contributed by atoms with van der Waals surface area (Å²) in [7, 11) is -0.435. The molecule has 0 unspecified atom stereocenters. The molecule has 33 heavy (non-hydrogen) atoms. The van der Waals surface area contributed by atoms with E-state index in [9.17, 15) is 5.26 Å². The molecular weight excluding hydrogens is 424 g/mol. The van der Waals surface area contributed by atoms with Crippen LogP contribution < -0.4 is 14.5 Å². The highest BCUT2D eigenvalue weighted by molar-refractivity contribution is 6.74. The number of hydrogen-bond donors (Lipinski definition) is 1. The largest absolute Gasteiger partial charge is 0.541 e. The zero-order valence-corrected chi connectivity index (χ0v) is 21.4. The van der Waals surface area contributed by atoms with Crippen LogP contribution in [0.2, 0.25) is 18.1 Å². The number of nitriles is 1. The van der Waals surface area contributed by atoms with E-state index in [4.69, 9.17) is 9.16 Å². The molecule has 0 spiro atoms. The molecule has 0 saturated carbocycles. The molecule has 0 aromatic heterocycles. The lowest BCUT2D eigenvalue weighted by Gasteiger charge is -2.37. The number of hydrogen-bond acceptors (Lipinski definition) is 4. The Morgan fingerprint density at radius 3 is 1.82 bits per heavy atom. The van der Waals surface area contributed by atoms with Crippen LogP contribution in [-0.2, 0) is 0 Å². The summed E-state index contributed by atoms with van der Waals surface area (Å²) >= 11 is 0. The van der Waals surface area contributed by atoms with Crippen LogP contribution >= 0.6 is 0 Å². The normalized spacial score (nSPS) is 12.8. The van der Waals surface area contributed by atoms with Gasteiger partial charge in [-0.15, -0.1) is 0 Å². The summed E-state index contributed by atoms with van der Waals surface area (Å²) in [4.78, 5) is 0. The standard InChI is InChI=1S/C28H34N2O2Si/c1-28(2,3)33(5,6)32-26-19-23(17-18-25(26)31-4)24(20-29)30-27(21-13-9-7-10-14-21)22-15-11-8-12-16-22/h7-19,24,27,30H,1-6H3/t24-/m0/s1. The van der Waals surface area contributed by atoms with E-state index in [2.05, 4.69) is 69.5 Å². The van der Waals surface area contributed by atoms with Gasteiger partial charge in [-0.3, -0.25) is 5.32 Å². The maximum Gasteiger partial charge on any atom is 0.250 e. The van der Waals surface area contributed by atoms with Crippen molar-refractivity contribution < 1.29 is 9.16 Å². The smallest absolute Gasteiger partial charge is 0.250 e. The Morgan fingerprint density at radius 2 is 1.36 bits per heavy atom. The Labute approximate surface area is 199 Å². The molecule has 0 aliphatic carbocycles. The quantitative estimate of drug-likeness (QED) is 0.368. The first-order valence-electron chi connectivity index (χ1n) is 11.3. The second-order valence-corrected chi connectivity index (χ2v) is 14.5. The van der Waals surface area contributed by atoms with Crippen molar-refractivity contribution in [1.82, 2.24) is 5.32 Å². The van der Waals surface area contributed by atoms with Gasteiger partial charge in [0.25, 0.3) is 8.32 Å². The van der Waals surface area contributed by atoms with Crippen LogP contribution in [0.25, 0.3) is 0 Å². The molecule has 0 bridgehead atoms. The van der Waals surface area contributed by atoms with Crippen molar-refractivity contribution in [2.24, 2.45) is 0 Å². The second-order valence-electron chi connectivity index (χ2n) is 9.76. The Hall–Kier alpha value is -3.07. The molecule has 0 heterocycles. The maximum atomic E-state index is 10.1. The van der Waals surface area contributed by atoms with Gasteiger partial charge in [0.2, 0.25) is 0 Å². The monoisotopic (exact) mass is 458 g/mol. The van der Waals surface area contributed by atoms with Gasteiger partial charge in [0.15, 0.2) is 5.75 Å². The van der Waals surface area contributed by atoms with Gasteiger partial charge in [-0.2, -0.15) is 5.26 Å². The first kappa shape index (κ1) is 24.6. The highest BCUT2D eigenvalue weighted by Crippen LogP contribution is 2.41. The average molecular weight is 459 g/mol. The van der Waals surface area contributed by atoms with Gasteiger partial charge in [0.05, 0.1) is 19.2 Å². The zero-order valence-electron chi connectivity index (χ0n) is 20.4. The predicted octanol–water partition coefficient (Wildman–Crippen LogP) is 7.02. The second kappa shape index (κ2) is 10.2. The predicted molar refractivity (Wildman–Crippen MR) is 137 cm³/mol. The van der Waals surface area contributed by atoms with Crippen molar-refractivity contribution in [2.75, 3.05) is 7.11 Å². The van der Waals surface area contributed by atoms with Gasteiger partial charge in [-0.25, -0.2) is 0 Å². The van der Waals surface area contributed by atoms with E-state index in [0.717, 1.165) is 16.7 Å². The molecule has 0 aliphatic rings. The maximum absolute atomic E-state index is 10.1. The van der Waals surface area contributed by atoms with Gasteiger partial charge in [-0.05, 0) is 47.0 Å². The van der Waals surface area contributed by atoms with E-state index < -0.39 is 14.4 Å². The summed E-state index contributed by atoms with van der Waals surface area (Å²) in [5, 5.41) is 13.7. The lowest BCUT2D eigenvalue weighted by atomic mass is 9.96. The number of methoxy groups -OCH3 is 1. The van der Waals surface area contributed by atoms with Crippen LogP contribution in [0.5, 0.6) is 11.5 Å². The minimum Gasteiger partial charge on any atom is -0.541 e. The molecule has 3 aromatic rings. The number of nitrogens with one attached hydrogen (secondary N) is 1. The van der Waals surface area contributed by atoms with Gasteiger partial charge < -0.3 is 9.16 Å². The molecule has 3 rings (SSSR count). The van der Waals surface area contributed by atoms with E-state index >= 15 is 0 Å². The molecule has 172 valence electrons. The van der Waals surface area contributed by atoms with Crippen LogP contribution in [0.1, 0.15) is 49.5 Å². The Balaban J connectivity index is 1.97. The topological polar surface area (TPSA) is 54.3 Å². The molecule has 0 fully saturated rings. The summed E-state index contributed by atoms with van der Waals surface area (Å²) < 4.78 is 12.2. The number of ether oxygens (including phenoxy) is 1. The fourth-order valence-corrected chi connectivity index (χ4v) is 4.45. The minimum atomic E-state index is -2.08. The third-order valence-electron chi connectivity index (χ3n) is 6.42. The van der Waals surface area contributed by atoms with E-state index in [1.165, 1.54) is 0 Å². The Kier molecular flexibility index (Phi) is 7.63. The summed E-state index contributed by atoms with van der Waals surface area (Å²) in [6.07, 6.45) is 0. The van der Waals surface area contributed by atoms with Gasteiger partial charge in [-0.1, -0.05) is 87.5 Å². The average Bonchev–Trinajstić information content (AvgIpc) is 2.80. The Morgan fingerprint density at radius 1 is 0.818 bits per heavy atom. The molecule has 0 aliphatic heterocycles. The summed E-state index contributed by atoms with van der Waals surface area (Å²) in [6, 6.07) is 28.0. The summed E-state index contributed by atoms with van der Waals surface area (Å²) in [5.41, 5.74) is 3.06. The molecule has 5 heteroatoms. The molecule has 1 atom stereocenters. The van der Waals surface area contributed by atoms with E-state index in [1.807, 2.05) is 54.6 Å². The molecule has 3 aromatic carbocycles. The molecule has 1 N–H and O–H groups in total. The molecular formula is C28H34N2O2Si. The zero-order chi connectivity index (χ0) is 24.1.